The lowest BCUT2D eigenvalue weighted by Crippen LogP contribution is -2.10. The second-order valence-electron chi connectivity index (χ2n) is 5.66. The van der Waals surface area contributed by atoms with Gasteiger partial charge in [0.2, 0.25) is 0 Å². The van der Waals surface area contributed by atoms with Gasteiger partial charge in [-0.15, -0.1) is 0 Å². The van der Waals surface area contributed by atoms with Gasteiger partial charge >= 0.3 is 0 Å². The van der Waals surface area contributed by atoms with Crippen molar-refractivity contribution >= 4 is 11.5 Å². The molecule has 0 aromatic heterocycles. The summed E-state index contributed by atoms with van der Waals surface area (Å²) in [5.74, 6) is 0.00552. The van der Waals surface area contributed by atoms with Gasteiger partial charge in [0.1, 0.15) is 5.82 Å². The molecule has 108 valence electrons. The summed E-state index contributed by atoms with van der Waals surface area (Å²) in [6.07, 6.45) is 4.31. The van der Waals surface area contributed by atoms with Crippen LogP contribution in [0.2, 0.25) is 0 Å². The van der Waals surface area contributed by atoms with E-state index in [4.69, 9.17) is 5.73 Å². The zero-order valence-electron chi connectivity index (χ0n) is 11.8. The maximum atomic E-state index is 13.5. The van der Waals surface area contributed by atoms with Crippen LogP contribution in [0.15, 0.2) is 42.5 Å². The number of rotatable bonds is 3. The number of Topliss-reactive ketones (excluding diaryl/α,β-unsaturated/α-hetero) is 1. The molecule has 3 rings (SSSR count). The molecule has 0 amide bonds. The van der Waals surface area contributed by atoms with Crippen LogP contribution in [0.4, 0.5) is 10.1 Å². The quantitative estimate of drug-likeness (QED) is 0.668. The van der Waals surface area contributed by atoms with Crippen molar-refractivity contribution in [1.82, 2.24) is 0 Å². The molecular weight excluding hydrogens is 265 g/mol. The van der Waals surface area contributed by atoms with E-state index in [1.54, 1.807) is 12.1 Å². The predicted octanol–water partition coefficient (Wildman–Crippen LogP) is 4.45. The molecule has 2 nitrogen and oxygen atoms in total. The Bertz CT molecular complexity index is 657. The van der Waals surface area contributed by atoms with Crippen LogP contribution in [-0.2, 0) is 0 Å². The lowest BCUT2D eigenvalue weighted by molar-refractivity contribution is 0.0923. The summed E-state index contributed by atoms with van der Waals surface area (Å²) in [7, 11) is 0. The monoisotopic (exact) mass is 283 g/mol. The Kier molecular flexibility index (Phi) is 3.74. The zero-order chi connectivity index (χ0) is 14.8. The number of halogens is 1. The first-order valence-electron chi connectivity index (χ1n) is 7.35. The maximum Gasteiger partial charge on any atom is 0.165 e. The van der Waals surface area contributed by atoms with Crippen molar-refractivity contribution in [2.24, 2.45) is 5.92 Å². The van der Waals surface area contributed by atoms with E-state index in [9.17, 15) is 9.18 Å². The number of nitrogens with two attached hydrogens (primary N) is 1. The summed E-state index contributed by atoms with van der Waals surface area (Å²) in [5.41, 5.74) is 8.03. The second kappa shape index (κ2) is 5.68. The third-order valence-corrected chi connectivity index (χ3v) is 4.23. The first-order chi connectivity index (χ1) is 10.1. The minimum absolute atomic E-state index is 0.145. The smallest absolute Gasteiger partial charge is 0.165 e. The predicted molar refractivity (Wildman–Crippen MR) is 82.5 cm³/mol. The molecule has 0 spiro atoms. The van der Waals surface area contributed by atoms with E-state index in [0.717, 1.165) is 42.4 Å². The van der Waals surface area contributed by atoms with Gasteiger partial charge in [-0.2, -0.15) is 0 Å². The molecule has 2 N–H and O–H groups in total. The highest BCUT2D eigenvalue weighted by molar-refractivity contribution is 5.98. The molecule has 0 heterocycles. The van der Waals surface area contributed by atoms with Gasteiger partial charge in [0.15, 0.2) is 5.78 Å². The summed E-state index contributed by atoms with van der Waals surface area (Å²) >= 11 is 0. The molecule has 0 atom stereocenters. The molecule has 1 aliphatic carbocycles. The Labute approximate surface area is 123 Å². The van der Waals surface area contributed by atoms with Crippen molar-refractivity contribution in [1.29, 1.82) is 0 Å². The highest BCUT2D eigenvalue weighted by Gasteiger charge is 2.23. The molecule has 0 radical (unpaired) electrons. The molecule has 1 aliphatic rings. The topological polar surface area (TPSA) is 43.1 Å². The Hall–Kier alpha value is -2.16. The largest absolute Gasteiger partial charge is 0.396 e. The molecule has 1 fully saturated rings. The van der Waals surface area contributed by atoms with Gasteiger partial charge in [0.05, 0.1) is 5.69 Å². The summed E-state index contributed by atoms with van der Waals surface area (Å²) in [5, 5.41) is 0. The number of hydrogen-bond acceptors (Lipinski definition) is 2. The van der Waals surface area contributed by atoms with E-state index in [1.165, 1.54) is 6.07 Å². The third-order valence-electron chi connectivity index (χ3n) is 4.23. The fraction of sp³-hybridized carbons (Fsp3) is 0.278. The van der Waals surface area contributed by atoms with E-state index in [2.05, 4.69) is 0 Å². The van der Waals surface area contributed by atoms with Gasteiger partial charge in [-0.3, -0.25) is 4.79 Å². The second-order valence-corrected chi connectivity index (χ2v) is 5.66. The van der Waals surface area contributed by atoms with E-state index < -0.39 is 5.82 Å². The van der Waals surface area contributed by atoms with Crippen LogP contribution >= 0.6 is 0 Å². The first-order valence-corrected chi connectivity index (χ1v) is 7.35. The number of carbonyl (C=O) groups is 1. The molecular formula is C18H18FNO. The van der Waals surface area contributed by atoms with Crippen molar-refractivity contribution in [3.63, 3.8) is 0 Å². The fourth-order valence-corrected chi connectivity index (χ4v) is 2.96. The van der Waals surface area contributed by atoms with Gasteiger partial charge in [-0.05, 0) is 36.1 Å². The number of hydrogen-bond donors (Lipinski definition) is 1. The SMILES string of the molecule is Nc1ccc(-c2ccc(C(=O)C3CCCC3)cc2)cc1F. The molecule has 21 heavy (non-hydrogen) atoms. The molecule has 0 bridgehead atoms. The summed E-state index contributed by atoms with van der Waals surface area (Å²) in [6.45, 7) is 0. The molecule has 0 aliphatic heterocycles. The van der Waals surface area contributed by atoms with Crippen LogP contribution in [0.25, 0.3) is 11.1 Å². The van der Waals surface area contributed by atoms with Crippen LogP contribution in [0.3, 0.4) is 0 Å². The van der Waals surface area contributed by atoms with Gasteiger partial charge in [-0.1, -0.05) is 43.2 Å². The van der Waals surface area contributed by atoms with Crippen LogP contribution < -0.4 is 5.73 Å². The Morgan fingerprint density at radius 3 is 2.24 bits per heavy atom. The van der Waals surface area contributed by atoms with E-state index in [1.807, 2.05) is 24.3 Å². The van der Waals surface area contributed by atoms with Gasteiger partial charge in [0.25, 0.3) is 0 Å². The highest BCUT2D eigenvalue weighted by Crippen LogP contribution is 2.29. The molecule has 2 aromatic carbocycles. The van der Waals surface area contributed by atoms with Crippen molar-refractivity contribution in [3.05, 3.63) is 53.8 Å². The third kappa shape index (κ3) is 2.82. The molecule has 1 saturated carbocycles. The van der Waals surface area contributed by atoms with Crippen LogP contribution in [0.5, 0.6) is 0 Å². The molecule has 3 heteroatoms. The maximum absolute atomic E-state index is 13.5. The average Bonchev–Trinajstić information content (AvgIpc) is 3.04. The van der Waals surface area contributed by atoms with E-state index in [-0.39, 0.29) is 17.4 Å². The number of nitrogen functional groups attached to an aromatic ring is 1. The lowest BCUT2D eigenvalue weighted by Gasteiger charge is -2.09. The molecule has 0 saturated heterocycles. The van der Waals surface area contributed by atoms with Gasteiger partial charge in [0, 0.05) is 11.5 Å². The van der Waals surface area contributed by atoms with Crippen LogP contribution in [0.1, 0.15) is 36.0 Å². The average molecular weight is 283 g/mol. The van der Waals surface area contributed by atoms with Crippen molar-refractivity contribution < 1.29 is 9.18 Å². The first kappa shape index (κ1) is 13.8. The number of anilines is 1. The minimum atomic E-state index is -0.418. The Morgan fingerprint density at radius 1 is 1.00 bits per heavy atom. The molecule has 2 aromatic rings. The van der Waals surface area contributed by atoms with Gasteiger partial charge in [-0.25, -0.2) is 4.39 Å². The fourth-order valence-electron chi connectivity index (χ4n) is 2.96. The zero-order valence-corrected chi connectivity index (χ0v) is 11.8. The lowest BCUT2D eigenvalue weighted by atomic mass is 9.94. The number of ketones is 1. The van der Waals surface area contributed by atoms with E-state index >= 15 is 0 Å². The minimum Gasteiger partial charge on any atom is -0.396 e. The van der Waals surface area contributed by atoms with Crippen LogP contribution in [-0.4, -0.2) is 5.78 Å². The normalized spacial score (nSPS) is 15.3. The van der Waals surface area contributed by atoms with E-state index in [0.29, 0.717) is 0 Å². The highest BCUT2D eigenvalue weighted by atomic mass is 19.1. The van der Waals surface area contributed by atoms with Crippen molar-refractivity contribution in [2.45, 2.75) is 25.7 Å². The standard InChI is InChI=1S/C18H18FNO/c19-16-11-15(9-10-17(16)20)12-5-7-14(8-6-12)18(21)13-3-1-2-4-13/h5-11,13H,1-4,20H2. The molecule has 0 unspecified atom stereocenters. The van der Waals surface area contributed by atoms with Gasteiger partial charge < -0.3 is 5.73 Å². The number of carbonyl (C=O) groups excluding carboxylic acids is 1. The van der Waals surface area contributed by atoms with Crippen molar-refractivity contribution in [2.75, 3.05) is 5.73 Å². The Balaban J connectivity index is 1.83. The summed E-state index contributed by atoms with van der Waals surface area (Å²) < 4.78 is 13.5. The Morgan fingerprint density at radius 2 is 1.62 bits per heavy atom. The summed E-state index contributed by atoms with van der Waals surface area (Å²) in [6, 6.07) is 12.2. The van der Waals surface area contributed by atoms with Crippen molar-refractivity contribution in [3.8, 4) is 11.1 Å². The number of benzene rings is 2. The summed E-state index contributed by atoms with van der Waals surface area (Å²) in [4.78, 5) is 12.3. The van der Waals surface area contributed by atoms with Crippen LogP contribution in [0, 0.1) is 11.7 Å².